The molecule has 0 saturated carbocycles. The lowest BCUT2D eigenvalue weighted by Gasteiger charge is -1.96. The van der Waals surface area contributed by atoms with E-state index in [9.17, 15) is 0 Å². The summed E-state index contributed by atoms with van der Waals surface area (Å²) in [5.74, 6) is 0. The number of rotatable bonds is 1. The molecule has 0 N–H and O–H groups in total. The zero-order chi connectivity index (χ0) is 10.5. The van der Waals surface area contributed by atoms with E-state index in [-0.39, 0.29) is 0 Å². The molecule has 1 aliphatic carbocycles. The summed E-state index contributed by atoms with van der Waals surface area (Å²) in [6, 6.07) is 0. The number of allylic oxidation sites excluding steroid dienone is 5. The van der Waals surface area contributed by atoms with Gasteiger partial charge in [-0.2, -0.15) is 0 Å². The molecule has 0 fully saturated rings. The molecule has 0 aromatic heterocycles. The van der Waals surface area contributed by atoms with E-state index in [0.29, 0.717) is 0 Å². The Balaban J connectivity index is 0. The second kappa shape index (κ2) is 13.8. The van der Waals surface area contributed by atoms with Crippen molar-refractivity contribution >= 4 is 0 Å². The van der Waals surface area contributed by atoms with Crippen molar-refractivity contribution in [2.24, 2.45) is 0 Å². The Morgan fingerprint density at radius 3 is 2.08 bits per heavy atom. The lowest BCUT2D eigenvalue weighted by atomic mass is 10.1. The Bertz CT molecular complexity index is 149. The van der Waals surface area contributed by atoms with Gasteiger partial charge in [0.25, 0.3) is 0 Å². The largest absolute Gasteiger partial charge is 0.103 e. The van der Waals surface area contributed by atoms with Crippen molar-refractivity contribution in [1.82, 2.24) is 0 Å². The third kappa shape index (κ3) is 14.1. The predicted octanol–water partition coefficient (Wildman–Crippen LogP) is 4.89. The lowest BCUT2D eigenvalue weighted by molar-refractivity contribution is 1.02. The Morgan fingerprint density at radius 2 is 1.92 bits per heavy atom. The van der Waals surface area contributed by atoms with E-state index in [1.54, 1.807) is 0 Å². The van der Waals surface area contributed by atoms with Crippen molar-refractivity contribution in [2.45, 2.75) is 47.0 Å². The first-order valence-corrected chi connectivity index (χ1v) is 5.25. The molecule has 0 spiro atoms. The van der Waals surface area contributed by atoms with Gasteiger partial charge >= 0.3 is 0 Å². The van der Waals surface area contributed by atoms with Crippen molar-refractivity contribution in [1.29, 1.82) is 0 Å². The first kappa shape index (κ1) is 14.7. The standard InChI is InChI=1S/C7H10.C4H8.C2H6/c1-7-5-3-2-4-6-7;1-3-4-2;1-2/h3,5-6H,2,4H2,1H3;3H,1,4H2,2H3;1-2H3. The van der Waals surface area contributed by atoms with Gasteiger partial charge in [-0.25, -0.2) is 0 Å². The average molecular weight is 180 g/mol. The van der Waals surface area contributed by atoms with Crippen LogP contribution in [0.25, 0.3) is 0 Å². The number of hydrogen-bond donors (Lipinski definition) is 0. The molecule has 1 rings (SSSR count). The zero-order valence-corrected chi connectivity index (χ0v) is 9.64. The number of hydrogen-bond acceptors (Lipinski definition) is 0. The fraction of sp³-hybridized carbons (Fsp3) is 0.538. The van der Waals surface area contributed by atoms with Crippen LogP contribution in [-0.2, 0) is 0 Å². The fourth-order valence-corrected chi connectivity index (χ4v) is 0.744. The van der Waals surface area contributed by atoms with Gasteiger partial charge in [-0.15, -0.1) is 6.58 Å². The Kier molecular flexibility index (Phi) is 15.6. The van der Waals surface area contributed by atoms with Crippen molar-refractivity contribution in [3.8, 4) is 0 Å². The maximum absolute atomic E-state index is 3.48. The van der Waals surface area contributed by atoms with Crippen molar-refractivity contribution in [3.63, 3.8) is 0 Å². The molecule has 0 unspecified atom stereocenters. The molecule has 0 nitrogen and oxygen atoms in total. The van der Waals surface area contributed by atoms with Crippen LogP contribution >= 0.6 is 0 Å². The van der Waals surface area contributed by atoms with Crippen LogP contribution in [0.5, 0.6) is 0 Å². The van der Waals surface area contributed by atoms with Crippen LogP contribution in [0.4, 0.5) is 0 Å². The van der Waals surface area contributed by atoms with Gasteiger partial charge in [-0.1, -0.05) is 50.6 Å². The summed E-state index contributed by atoms with van der Waals surface area (Å²) in [7, 11) is 0. The molecular weight excluding hydrogens is 156 g/mol. The summed E-state index contributed by atoms with van der Waals surface area (Å²) in [6.45, 7) is 11.7. The van der Waals surface area contributed by atoms with Crippen LogP contribution in [0, 0.1) is 0 Å². The van der Waals surface area contributed by atoms with E-state index >= 15 is 0 Å². The Hall–Kier alpha value is -0.780. The maximum atomic E-state index is 3.48. The summed E-state index contributed by atoms with van der Waals surface area (Å²) in [4.78, 5) is 0. The van der Waals surface area contributed by atoms with Crippen molar-refractivity contribution < 1.29 is 0 Å². The smallest absolute Gasteiger partial charge is 0.0310 e. The van der Waals surface area contributed by atoms with Gasteiger partial charge in [0.2, 0.25) is 0 Å². The average Bonchev–Trinajstić information content (AvgIpc) is 2.22. The first-order valence-electron chi connectivity index (χ1n) is 5.25. The minimum absolute atomic E-state index is 1.08. The van der Waals surface area contributed by atoms with E-state index < -0.39 is 0 Å². The molecule has 0 atom stereocenters. The summed E-state index contributed by atoms with van der Waals surface area (Å²) < 4.78 is 0. The molecule has 0 aromatic rings. The Morgan fingerprint density at radius 1 is 1.38 bits per heavy atom. The van der Waals surface area contributed by atoms with Crippen LogP contribution in [0.15, 0.2) is 36.5 Å². The third-order valence-electron chi connectivity index (χ3n) is 1.47. The van der Waals surface area contributed by atoms with E-state index in [1.807, 2.05) is 19.9 Å². The van der Waals surface area contributed by atoms with Crippen LogP contribution in [0.1, 0.15) is 47.0 Å². The van der Waals surface area contributed by atoms with Crippen LogP contribution < -0.4 is 0 Å². The molecule has 0 aromatic carbocycles. The van der Waals surface area contributed by atoms with Crippen molar-refractivity contribution in [3.05, 3.63) is 36.5 Å². The minimum atomic E-state index is 1.08. The highest BCUT2D eigenvalue weighted by molar-refractivity contribution is 5.18. The van der Waals surface area contributed by atoms with E-state index in [1.165, 1.54) is 18.4 Å². The normalized spacial score (nSPS) is 12.8. The summed E-state index contributed by atoms with van der Waals surface area (Å²) in [6.07, 6.45) is 12.1. The molecule has 0 bridgehead atoms. The molecule has 0 saturated heterocycles. The fourth-order valence-electron chi connectivity index (χ4n) is 0.744. The summed E-state index contributed by atoms with van der Waals surface area (Å²) in [5, 5.41) is 0. The van der Waals surface area contributed by atoms with Crippen LogP contribution in [0.3, 0.4) is 0 Å². The molecule has 0 aliphatic heterocycles. The maximum Gasteiger partial charge on any atom is -0.0310 e. The highest BCUT2D eigenvalue weighted by Gasteiger charge is 1.86. The molecular formula is C13H24. The first-order chi connectivity index (χ1) is 6.31. The highest BCUT2D eigenvalue weighted by Crippen LogP contribution is 2.06. The zero-order valence-electron chi connectivity index (χ0n) is 9.64. The van der Waals surface area contributed by atoms with Gasteiger partial charge in [0.1, 0.15) is 0 Å². The molecule has 76 valence electrons. The van der Waals surface area contributed by atoms with Gasteiger partial charge in [-0.3, -0.25) is 0 Å². The van der Waals surface area contributed by atoms with Gasteiger partial charge in [-0.05, 0) is 26.2 Å². The second-order valence-corrected chi connectivity index (χ2v) is 2.62. The summed E-state index contributed by atoms with van der Waals surface area (Å²) >= 11 is 0. The molecule has 0 radical (unpaired) electrons. The summed E-state index contributed by atoms with van der Waals surface area (Å²) in [5.41, 5.74) is 1.41. The highest BCUT2D eigenvalue weighted by atomic mass is 13.9. The molecule has 13 heavy (non-hydrogen) atoms. The van der Waals surface area contributed by atoms with Gasteiger partial charge < -0.3 is 0 Å². The monoisotopic (exact) mass is 180 g/mol. The lowest BCUT2D eigenvalue weighted by Crippen LogP contribution is -1.76. The van der Waals surface area contributed by atoms with Crippen molar-refractivity contribution in [2.75, 3.05) is 0 Å². The van der Waals surface area contributed by atoms with Gasteiger partial charge in [0.05, 0.1) is 0 Å². The molecule has 1 aliphatic rings. The van der Waals surface area contributed by atoms with Gasteiger partial charge in [0, 0.05) is 0 Å². The quantitative estimate of drug-likeness (QED) is 0.504. The second-order valence-electron chi connectivity index (χ2n) is 2.62. The SMILES string of the molecule is C=CCC.CC.CC1=CCCC=C1. The minimum Gasteiger partial charge on any atom is -0.103 e. The third-order valence-corrected chi connectivity index (χ3v) is 1.47. The molecule has 0 amide bonds. The van der Waals surface area contributed by atoms with Crippen LogP contribution in [0.2, 0.25) is 0 Å². The molecule has 0 heterocycles. The van der Waals surface area contributed by atoms with E-state index in [4.69, 9.17) is 0 Å². The molecule has 0 heteroatoms. The predicted molar refractivity (Wildman–Crippen MR) is 64.0 cm³/mol. The Labute approximate surface area is 84.1 Å². The van der Waals surface area contributed by atoms with E-state index in [2.05, 4.69) is 38.7 Å². The van der Waals surface area contributed by atoms with Crippen LogP contribution in [-0.4, -0.2) is 0 Å². The van der Waals surface area contributed by atoms with E-state index in [0.717, 1.165) is 6.42 Å². The topological polar surface area (TPSA) is 0 Å². The van der Waals surface area contributed by atoms with Gasteiger partial charge in [0.15, 0.2) is 0 Å².